The monoisotopic (exact) mass is 440 g/mol. The standard InChI is InChI=1S/C19H25ClN4O2S2/c1-18(2,3)26-17(25)24-6-5-11-8-23(10-19(11,24)4)15-14(22-16(21)28-15)13-7-12(20)9-27-13/h7,9,11H,5-6,8,10H2,1-4H3,(H2,21,22)/t11-,19+/m1/s1. The molecule has 0 saturated carbocycles. The summed E-state index contributed by atoms with van der Waals surface area (Å²) in [6.07, 6.45) is 0.745. The summed E-state index contributed by atoms with van der Waals surface area (Å²) in [6.45, 7) is 10.2. The summed E-state index contributed by atoms with van der Waals surface area (Å²) in [6, 6.07) is 1.93. The van der Waals surface area contributed by atoms with Crippen LogP contribution >= 0.6 is 34.3 Å². The van der Waals surface area contributed by atoms with E-state index < -0.39 is 5.60 Å². The van der Waals surface area contributed by atoms with Crippen LogP contribution in [-0.2, 0) is 4.74 Å². The number of anilines is 2. The first-order valence-corrected chi connectivity index (χ1v) is 11.4. The molecule has 2 saturated heterocycles. The van der Waals surface area contributed by atoms with E-state index in [2.05, 4.69) is 16.8 Å². The summed E-state index contributed by atoms with van der Waals surface area (Å²) in [4.78, 5) is 22.6. The molecule has 0 bridgehead atoms. The molecule has 2 atom stereocenters. The van der Waals surface area contributed by atoms with Gasteiger partial charge in [0.05, 0.1) is 15.4 Å². The Bertz CT molecular complexity index is 906. The molecular weight excluding hydrogens is 416 g/mol. The quantitative estimate of drug-likeness (QED) is 0.715. The Balaban J connectivity index is 1.60. The SMILES string of the molecule is CC(C)(C)OC(=O)N1CC[C@@H]2CN(c3sc(N)nc3-c3cc(Cl)cs3)C[C@@]21C. The summed E-state index contributed by atoms with van der Waals surface area (Å²) in [5, 5.41) is 4.20. The highest BCUT2D eigenvalue weighted by atomic mass is 35.5. The van der Waals surface area contributed by atoms with Gasteiger partial charge in [-0.3, -0.25) is 0 Å². The molecule has 0 unspecified atom stereocenters. The van der Waals surface area contributed by atoms with Crippen LogP contribution in [0.4, 0.5) is 14.9 Å². The number of fused-ring (bicyclic) bond motifs is 1. The van der Waals surface area contributed by atoms with Crippen molar-refractivity contribution in [2.75, 3.05) is 30.3 Å². The molecule has 0 aromatic carbocycles. The number of nitrogen functional groups attached to an aromatic ring is 1. The number of thiazole rings is 1. The highest BCUT2D eigenvalue weighted by Gasteiger charge is 2.54. The van der Waals surface area contributed by atoms with Gasteiger partial charge in [0.2, 0.25) is 0 Å². The predicted molar refractivity (Wildman–Crippen MR) is 117 cm³/mol. The molecule has 0 spiro atoms. The zero-order valence-corrected chi connectivity index (χ0v) is 18.9. The van der Waals surface area contributed by atoms with Crippen molar-refractivity contribution in [2.45, 2.75) is 45.3 Å². The second-order valence-electron chi connectivity index (χ2n) is 8.69. The number of nitrogens with two attached hydrogens (primary N) is 1. The van der Waals surface area contributed by atoms with Crippen LogP contribution in [0.1, 0.15) is 34.1 Å². The van der Waals surface area contributed by atoms with Crippen molar-refractivity contribution >= 4 is 50.5 Å². The van der Waals surface area contributed by atoms with E-state index in [1.165, 1.54) is 11.3 Å². The second kappa shape index (κ2) is 6.78. The van der Waals surface area contributed by atoms with Crippen LogP contribution in [0, 0.1) is 5.92 Å². The molecule has 0 radical (unpaired) electrons. The molecule has 4 rings (SSSR count). The summed E-state index contributed by atoms with van der Waals surface area (Å²) < 4.78 is 5.66. The van der Waals surface area contributed by atoms with E-state index in [1.807, 2.05) is 37.1 Å². The second-order valence-corrected chi connectivity index (χ2v) is 11.0. The lowest BCUT2D eigenvalue weighted by atomic mass is 9.90. The Morgan fingerprint density at radius 3 is 2.86 bits per heavy atom. The van der Waals surface area contributed by atoms with Gasteiger partial charge in [0.1, 0.15) is 16.3 Å². The zero-order valence-electron chi connectivity index (χ0n) is 16.5. The number of hydrogen-bond acceptors (Lipinski definition) is 7. The molecule has 28 heavy (non-hydrogen) atoms. The van der Waals surface area contributed by atoms with Gasteiger partial charge in [-0.25, -0.2) is 9.78 Å². The first kappa shape index (κ1) is 19.8. The van der Waals surface area contributed by atoms with Gasteiger partial charge in [-0.05, 0) is 40.2 Å². The number of aromatic nitrogens is 1. The average molecular weight is 441 g/mol. The van der Waals surface area contributed by atoms with Crippen LogP contribution in [0.15, 0.2) is 11.4 Å². The number of carbonyl (C=O) groups is 1. The molecule has 6 nitrogen and oxygen atoms in total. The number of likely N-dealkylation sites (tertiary alicyclic amines) is 1. The molecule has 0 aliphatic carbocycles. The lowest BCUT2D eigenvalue weighted by Gasteiger charge is -2.36. The molecule has 1 amide bonds. The number of amides is 1. The van der Waals surface area contributed by atoms with Gasteiger partial charge >= 0.3 is 6.09 Å². The average Bonchev–Trinajstić information content (AvgIpc) is 3.27. The van der Waals surface area contributed by atoms with Crippen LogP contribution in [-0.4, -0.2) is 46.8 Å². The third kappa shape index (κ3) is 3.46. The molecule has 2 N–H and O–H groups in total. The van der Waals surface area contributed by atoms with Crippen LogP contribution in [0.2, 0.25) is 5.02 Å². The van der Waals surface area contributed by atoms with E-state index in [0.717, 1.165) is 41.6 Å². The van der Waals surface area contributed by atoms with Gasteiger partial charge in [0, 0.05) is 30.9 Å². The first-order chi connectivity index (χ1) is 13.1. The van der Waals surface area contributed by atoms with Crippen LogP contribution in [0.5, 0.6) is 0 Å². The lowest BCUT2D eigenvalue weighted by molar-refractivity contribution is 0.0108. The summed E-state index contributed by atoms with van der Waals surface area (Å²) in [5.41, 5.74) is 6.18. The largest absolute Gasteiger partial charge is 0.444 e. The van der Waals surface area contributed by atoms with Crippen LogP contribution in [0.25, 0.3) is 10.6 Å². The smallest absolute Gasteiger partial charge is 0.410 e. The first-order valence-electron chi connectivity index (χ1n) is 9.33. The minimum absolute atomic E-state index is 0.228. The lowest BCUT2D eigenvalue weighted by Crippen LogP contribution is -2.51. The predicted octanol–water partition coefficient (Wildman–Crippen LogP) is 4.94. The minimum atomic E-state index is -0.498. The van der Waals surface area contributed by atoms with Gasteiger partial charge in [0.15, 0.2) is 5.13 Å². The van der Waals surface area contributed by atoms with Gasteiger partial charge in [0.25, 0.3) is 0 Å². The highest BCUT2D eigenvalue weighted by Crippen LogP contribution is 2.48. The van der Waals surface area contributed by atoms with Crippen molar-refractivity contribution in [3.8, 4) is 10.6 Å². The van der Waals surface area contributed by atoms with E-state index >= 15 is 0 Å². The van der Waals surface area contributed by atoms with Crippen molar-refractivity contribution in [1.82, 2.24) is 9.88 Å². The van der Waals surface area contributed by atoms with Gasteiger partial charge < -0.3 is 20.3 Å². The van der Waals surface area contributed by atoms with E-state index in [-0.39, 0.29) is 11.6 Å². The maximum absolute atomic E-state index is 12.8. The van der Waals surface area contributed by atoms with E-state index in [0.29, 0.717) is 16.1 Å². The molecule has 2 fully saturated rings. The van der Waals surface area contributed by atoms with Crippen molar-refractivity contribution in [2.24, 2.45) is 5.92 Å². The van der Waals surface area contributed by atoms with Crippen molar-refractivity contribution in [1.29, 1.82) is 0 Å². The molecule has 4 heterocycles. The molecule has 9 heteroatoms. The maximum Gasteiger partial charge on any atom is 0.410 e. The fourth-order valence-corrected chi connectivity index (χ4v) is 6.19. The third-order valence-corrected chi connectivity index (χ3v) is 7.71. The molecule has 2 aromatic rings. The van der Waals surface area contributed by atoms with Gasteiger partial charge in [-0.1, -0.05) is 22.9 Å². The molecule has 2 aromatic heterocycles. The fraction of sp³-hybridized carbons (Fsp3) is 0.579. The zero-order chi connectivity index (χ0) is 20.3. The number of halogens is 1. The Hall–Kier alpha value is -1.51. The number of thiophene rings is 1. The summed E-state index contributed by atoms with van der Waals surface area (Å²) in [7, 11) is 0. The normalized spacial score (nSPS) is 24.7. The molecule has 152 valence electrons. The molecule has 2 aliphatic rings. The Morgan fingerprint density at radius 2 is 2.21 bits per heavy atom. The van der Waals surface area contributed by atoms with E-state index in [9.17, 15) is 4.79 Å². The van der Waals surface area contributed by atoms with Crippen molar-refractivity contribution < 1.29 is 9.53 Å². The van der Waals surface area contributed by atoms with Crippen molar-refractivity contribution in [3.63, 3.8) is 0 Å². The van der Waals surface area contributed by atoms with E-state index in [4.69, 9.17) is 22.1 Å². The Kier molecular flexibility index (Phi) is 4.79. The maximum atomic E-state index is 12.8. The summed E-state index contributed by atoms with van der Waals surface area (Å²) in [5.74, 6) is 0.392. The highest BCUT2D eigenvalue weighted by molar-refractivity contribution is 7.20. The summed E-state index contributed by atoms with van der Waals surface area (Å²) >= 11 is 9.18. The Labute approximate surface area is 178 Å². The topological polar surface area (TPSA) is 71.7 Å². The van der Waals surface area contributed by atoms with E-state index in [1.54, 1.807) is 11.3 Å². The fourth-order valence-electron chi connectivity index (χ4n) is 4.20. The number of rotatable bonds is 2. The number of ether oxygens (including phenoxy) is 1. The number of nitrogens with zero attached hydrogens (tertiary/aromatic N) is 3. The molecular formula is C19H25ClN4O2S2. The third-order valence-electron chi connectivity index (χ3n) is 5.48. The van der Waals surface area contributed by atoms with Gasteiger partial charge in [-0.15, -0.1) is 11.3 Å². The number of hydrogen-bond donors (Lipinski definition) is 1. The van der Waals surface area contributed by atoms with Crippen molar-refractivity contribution in [3.05, 3.63) is 16.5 Å². The molecule has 2 aliphatic heterocycles. The minimum Gasteiger partial charge on any atom is -0.444 e. The van der Waals surface area contributed by atoms with Crippen LogP contribution < -0.4 is 10.6 Å². The van der Waals surface area contributed by atoms with Gasteiger partial charge in [-0.2, -0.15) is 0 Å². The van der Waals surface area contributed by atoms with Crippen LogP contribution in [0.3, 0.4) is 0 Å². The Morgan fingerprint density at radius 1 is 1.46 bits per heavy atom. The number of carbonyl (C=O) groups excluding carboxylic acids is 1.